The third kappa shape index (κ3) is 6.06. The molecule has 8 heteroatoms. The first-order chi connectivity index (χ1) is 20.4. The van der Waals surface area contributed by atoms with Gasteiger partial charge in [-0.1, -0.05) is 77.4 Å². The smallest absolute Gasteiger partial charge is 0.270 e. The second kappa shape index (κ2) is 11.0. The lowest BCUT2D eigenvalue weighted by molar-refractivity contribution is -0.385. The molecule has 4 aromatic rings. The Morgan fingerprint density at radius 1 is 0.545 bits per heavy atom. The van der Waals surface area contributed by atoms with E-state index in [0.717, 1.165) is 11.1 Å². The summed E-state index contributed by atoms with van der Waals surface area (Å²) < 4.78 is 0. The molecule has 0 unspecified atom stereocenters. The van der Waals surface area contributed by atoms with Crippen molar-refractivity contribution in [3.05, 3.63) is 119 Å². The number of rotatable bonds is 1. The van der Waals surface area contributed by atoms with Crippen LogP contribution in [0.3, 0.4) is 0 Å². The van der Waals surface area contributed by atoms with Gasteiger partial charge in [-0.25, -0.2) is 0 Å². The van der Waals surface area contributed by atoms with Crippen LogP contribution in [0, 0.1) is 10.1 Å². The van der Waals surface area contributed by atoms with E-state index in [4.69, 9.17) is 11.6 Å². The first-order valence-electron chi connectivity index (χ1n) is 14.6. The Hall–Kier alpha value is -4.23. The average Bonchev–Trinajstić information content (AvgIpc) is 2.91. The Morgan fingerprint density at radius 3 is 1.05 bits per heavy atom. The lowest BCUT2D eigenvalue weighted by atomic mass is 9.81. The minimum atomic E-state index is -0.502. The van der Waals surface area contributed by atoms with Crippen LogP contribution < -0.4 is 0 Å². The molecule has 0 spiro atoms. The topological polar surface area (TPSA) is 124 Å². The quantitative estimate of drug-likeness (QED) is 0.111. The highest BCUT2D eigenvalue weighted by atomic mass is 35.5. The van der Waals surface area contributed by atoms with Crippen LogP contribution in [0.25, 0.3) is 0 Å². The van der Waals surface area contributed by atoms with Crippen LogP contribution >= 0.6 is 11.6 Å². The van der Waals surface area contributed by atoms with Gasteiger partial charge in [-0.15, -0.1) is 0 Å². The fourth-order valence-electron chi connectivity index (χ4n) is 5.85. The molecule has 44 heavy (non-hydrogen) atoms. The maximum absolute atomic E-state index is 12.0. The van der Waals surface area contributed by atoms with Crippen molar-refractivity contribution in [1.29, 1.82) is 0 Å². The summed E-state index contributed by atoms with van der Waals surface area (Å²) in [5.41, 5.74) is 4.71. The number of phenols is 4. The summed E-state index contributed by atoms with van der Waals surface area (Å²) in [6.45, 7) is 12.3. The zero-order chi connectivity index (χ0) is 32.3. The predicted octanol–water partition coefficient (Wildman–Crippen LogP) is 8.34. The van der Waals surface area contributed by atoms with E-state index in [0.29, 0.717) is 38.4 Å². The van der Waals surface area contributed by atoms with Gasteiger partial charge in [-0.2, -0.15) is 0 Å². The predicted molar refractivity (Wildman–Crippen MR) is 173 cm³/mol. The molecule has 8 bridgehead atoms. The molecule has 0 amide bonds. The van der Waals surface area contributed by atoms with Crippen LogP contribution in [0.5, 0.6) is 23.0 Å². The van der Waals surface area contributed by atoms with Crippen molar-refractivity contribution < 1.29 is 25.3 Å². The lowest BCUT2D eigenvalue weighted by Gasteiger charge is -2.24. The number of nitro groups is 1. The van der Waals surface area contributed by atoms with Gasteiger partial charge in [0.05, 0.1) is 4.92 Å². The van der Waals surface area contributed by atoms with Crippen molar-refractivity contribution >= 4 is 17.3 Å². The molecule has 0 saturated carbocycles. The Labute approximate surface area is 262 Å². The normalized spacial score (nSPS) is 13.5. The van der Waals surface area contributed by atoms with E-state index in [1.165, 1.54) is 12.1 Å². The number of nitro benzene ring substituents is 1. The molecule has 0 heterocycles. The molecule has 4 aromatic carbocycles. The zero-order valence-electron chi connectivity index (χ0n) is 25.9. The number of benzene rings is 4. The Balaban J connectivity index is 1.85. The van der Waals surface area contributed by atoms with E-state index < -0.39 is 4.92 Å². The van der Waals surface area contributed by atoms with E-state index in [-0.39, 0.29) is 76.3 Å². The van der Waals surface area contributed by atoms with Gasteiger partial charge in [-0.05, 0) is 56.3 Å². The maximum Gasteiger partial charge on any atom is 0.270 e. The van der Waals surface area contributed by atoms with Crippen LogP contribution in [-0.4, -0.2) is 25.3 Å². The van der Waals surface area contributed by atoms with Crippen molar-refractivity contribution in [2.75, 3.05) is 0 Å². The minimum Gasteiger partial charge on any atom is -0.507 e. The van der Waals surface area contributed by atoms with Gasteiger partial charge in [0.15, 0.2) is 0 Å². The molecule has 0 aromatic heterocycles. The third-order valence-corrected chi connectivity index (χ3v) is 8.71. The number of fused-ring (bicyclic) bond motifs is 8. The van der Waals surface area contributed by atoms with Crippen LogP contribution in [0.4, 0.5) is 5.69 Å². The summed E-state index contributed by atoms with van der Waals surface area (Å²) in [5, 5.41) is 58.5. The first kappa shape index (κ1) is 31.2. The van der Waals surface area contributed by atoms with Crippen LogP contribution in [0.15, 0.2) is 48.5 Å². The molecule has 0 radical (unpaired) electrons. The lowest BCUT2D eigenvalue weighted by Crippen LogP contribution is -2.13. The molecule has 0 saturated heterocycles. The van der Waals surface area contributed by atoms with Crippen LogP contribution in [-0.2, 0) is 36.5 Å². The standard InChI is InChI=1S/C36H38ClNO6/c1-35(2,3)27-11-19-7-23-15-29(37)16-24(33(23)41)8-20-12-28(36(4,5)6)14-22(32(20)40)10-26-18-30(38(43)44)17-25(34(26)42)9-21(13-27)31(19)39/h11-18,39-42H,7-10H2,1-6H3. The Kier molecular flexibility index (Phi) is 7.83. The van der Waals surface area contributed by atoms with Gasteiger partial charge in [0, 0.05) is 65.1 Å². The van der Waals surface area contributed by atoms with Gasteiger partial charge >= 0.3 is 0 Å². The van der Waals surface area contributed by atoms with Gasteiger partial charge in [0.1, 0.15) is 23.0 Å². The molecule has 7 nitrogen and oxygen atoms in total. The number of aromatic hydroxyl groups is 4. The SMILES string of the molecule is CC(C)(C)c1cc2c(O)c(c1)Cc1cc([N+](=O)[O-])cc(c1O)Cc1cc(C(C)(C)C)cc(c1O)Cc1cc(Cl)cc(c1O)C2. The van der Waals surface area contributed by atoms with Crippen molar-refractivity contribution in [1.82, 2.24) is 0 Å². The third-order valence-electron chi connectivity index (χ3n) is 8.49. The molecule has 0 aliphatic heterocycles. The van der Waals surface area contributed by atoms with Crippen molar-refractivity contribution in [2.24, 2.45) is 0 Å². The molecular weight excluding hydrogens is 578 g/mol. The fourth-order valence-corrected chi connectivity index (χ4v) is 6.11. The monoisotopic (exact) mass is 615 g/mol. The van der Waals surface area contributed by atoms with Gasteiger partial charge in [-0.3, -0.25) is 10.1 Å². The number of hydrogen-bond acceptors (Lipinski definition) is 6. The molecule has 0 atom stereocenters. The van der Waals surface area contributed by atoms with Crippen molar-refractivity contribution in [3.63, 3.8) is 0 Å². The maximum atomic E-state index is 12.0. The minimum absolute atomic E-state index is 0.0174. The largest absolute Gasteiger partial charge is 0.507 e. The molecule has 230 valence electrons. The number of non-ortho nitro benzene ring substituents is 1. The summed E-state index contributed by atoms with van der Waals surface area (Å²) in [7, 11) is 0. The van der Waals surface area contributed by atoms with Crippen LogP contribution in [0.1, 0.15) is 97.2 Å². The zero-order valence-corrected chi connectivity index (χ0v) is 26.6. The van der Waals surface area contributed by atoms with Gasteiger partial charge < -0.3 is 20.4 Å². The Morgan fingerprint density at radius 2 is 0.795 bits per heavy atom. The van der Waals surface area contributed by atoms with Crippen LogP contribution in [0.2, 0.25) is 5.02 Å². The van der Waals surface area contributed by atoms with E-state index in [2.05, 4.69) is 0 Å². The fraction of sp³-hybridized carbons (Fsp3) is 0.333. The number of hydrogen-bond donors (Lipinski definition) is 4. The number of halogens is 1. The molecular formula is C36H38ClNO6. The highest BCUT2D eigenvalue weighted by molar-refractivity contribution is 6.30. The van der Waals surface area contributed by atoms with E-state index in [1.54, 1.807) is 12.1 Å². The molecule has 4 N–H and O–H groups in total. The van der Waals surface area contributed by atoms with Gasteiger partial charge in [0.2, 0.25) is 0 Å². The second-order valence-corrected chi connectivity index (χ2v) is 14.4. The molecule has 0 fully saturated rings. The van der Waals surface area contributed by atoms with Crippen molar-refractivity contribution in [2.45, 2.75) is 78.1 Å². The Bertz CT molecular complexity index is 1700. The van der Waals surface area contributed by atoms with E-state index in [1.807, 2.05) is 65.8 Å². The molecule has 1 aliphatic rings. The summed E-state index contributed by atoms with van der Waals surface area (Å²) in [6.07, 6.45) is 0.367. The molecule has 5 rings (SSSR count). The first-order valence-corrected chi connectivity index (χ1v) is 15.0. The number of nitrogens with zero attached hydrogens (tertiary/aromatic N) is 1. The van der Waals surface area contributed by atoms with E-state index >= 15 is 0 Å². The summed E-state index contributed by atoms with van der Waals surface area (Å²) >= 11 is 6.57. The number of phenolic OH excluding ortho intramolecular Hbond substituents is 4. The highest BCUT2D eigenvalue weighted by Gasteiger charge is 2.26. The molecule has 1 aliphatic carbocycles. The average molecular weight is 616 g/mol. The van der Waals surface area contributed by atoms with Crippen molar-refractivity contribution in [3.8, 4) is 23.0 Å². The summed E-state index contributed by atoms with van der Waals surface area (Å²) in [5.74, 6) is -0.127. The summed E-state index contributed by atoms with van der Waals surface area (Å²) in [4.78, 5) is 11.5. The highest BCUT2D eigenvalue weighted by Crippen LogP contribution is 2.42. The van der Waals surface area contributed by atoms with E-state index in [9.17, 15) is 30.5 Å². The second-order valence-electron chi connectivity index (χ2n) is 13.9. The van der Waals surface area contributed by atoms with Gasteiger partial charge in [0.25, 0.3) is 5.69 Å². The summed E-state index contributed by atoms with van der Waals surface area (Å²) in [6, 6.07) is 13.5.